The Morgan fingerprint density at radius 3 is 3.05 bits per heavy atom. The summed E-state index contributed by atoms with van der Waals surface area (Å²) < 4.78 is 13.5. The van der Waals surface area contributed by atoms with E-state index in [2.05, 4.69) is 20.5 Å². The van der Waals surface area contributed by atoms with E-state index in [0.717, 1.165) is 16.3 Å². The second-order valence-corrected chi connectivity index (χ2v) is 5.97. The Hall–Kier alpha value is -2.54. The largest absolute Gasteiger partial charge is 0.309 e. The van der Waals surface area contributed by atoms with Crippen LogP contribution in [0, 0.1) is 5.82 Å². The first-order chi connectivity index (χ1) is 10.7. The van der Waals surface area contributed by atoms with Gasteiger partial charge >= 0.3 is 0 Å². The number of halogens is 1. The monoisotopic (exact) mass is 314 g/mol. The van der Waals surface area contributed by atoms with Gasteiger partial charge in [-0.2, -0.15) is 5.10 Å². The Balaban J connectivity index is 1.89. The van der Waals surface area contributed by atoms with Gasteiger partial charge in [0.1, 0.15) is 10.8 Å². The van der Waals surface area contributed by atoms with Crippen LogP contribution in [-0.4, -0.2) is 21.1 Å². The zero-order valence-corrected chi connectivity index (χ0v) is 12.2. The van der Waals surface area contributed by atoms with Crippen molar-refractivity contribution in [2.45, 2.75) is 12.3 Å². The molecule has 1 aromatic carbocycles. The Morgan fingerprint density at radius 2 is 2.27 bits per heavy atom. The van der Waals surface area contributed by atoms with E-state index in [0.29, 0.717) is 17.8 Å². The van der Waals surface area contributed by atoms with Gasteiger partial charge in [-0.15, -0.1) is 11.3 Å². The van der Waals surface area contributed by atoms with E-state index in [-0.39, 0.29) is 17.6 Å². The predicted molar refractivity (Wildman–Crippen MR) is 81.2 cm³/mol. The highest BCUT2D eigenvalue weighted by Crippen LogP contribution is 2.42. The summed E-state index contributed by atoms with van der Waals surface area (Å²) in [5, 5.41) is 12.6. The van der Waals surface area contributed by atoms with E-state index in [1.54, 1.807) is 12.3 Å². The van der Waals surface area contributed by atoms with Crippen LogP contribution in [0.15, 0.2) is 35.8 Å². The van der Waals surface area contributed by atoms with Gasteiger partial charge in [0.2, 0.25) is 5.91 Å². The van der Waals surface area contributed by atoms with E-state index in [9.17, 15) is 9.18 Å². The van der Waals surface area contributed by atoms with Gasteiger partial charge < -0.3 is 5.32 Å². The summed E-state index contributed by atoms with van der Waals surface area (Å²) in [4.78, 5) is 16.2. The third-order valence-electron chi connectivity index (χ3n) is 3.66. The lowest BCUT2D eigenvalue weighted by Gasteiger charge is -2.21. The molecule has 1 aliphatic heterocycles. The Morgan fingerprint density at radius 1 is 1.36 bits per heavy atom. The van der Waals surface area contributed by atoms with Gasteiger partial charge in [-0.05, 0) is 12.1 Å². The number of aromatic nitrogens is 3. The van der Waals surface area contributed by atoms with Gasteiger partial charge in [0.25, 0.3) is 0 Å². The molecule has 1 aliphatic rings. The maximum atomic E-state index is 13.5. The molecular formula is C15H11FN4OS. The van der Waals surface area contributed by atoms with Gasteiger partial charge in [0, 0.05) is 29.1 Å². The van der Waals surface area contributed by atoms with Crippen LogP contribution in [0.1, 0.15) is 22.9 Å². The molecule has 3 heterocycles. The molecule has 0 fully saturated rings. The fourth-order valence-electron chi connectivity index (χ4n) is 2.74. The number of aromatic amines is 1. The topological polar surface area (TPSA) is 70.7 Å². The fourth-order valence-corrected chi connectivity index (χ4v) is 3.49. The SMILES string of the molecule is O=C1CC(c2nccs2)c2c(n[nH]c2-c2cccc(F)c2)N1. The smallest absolute Gasteiger partial charge is 0.226 e. The highest BCUT2D eigenvalue weighted by molar-refractivity contribution is 7.09. The third-order valence-corrected chi connectivity index (χ3v) is 4.55. The summed E-state index contributed by atoms with van der Waals surface area (Å²) >= 11 is 1.50. The molecule has 0 spiro atoms. The zero-order chi connectivity index (χ0) is 15.1. The minimum absolute atomic E-state index is 0.0926. The molecule has 0 radical (unpaired) electrons. The molecule has 1 amide bonds. The molecule has 2 aromatic heterocycles. The minimum atomic E-state index is -0.313. The van der Waals surface area contributed by atoms with Crippen molar-refractivity contribution >= 4 is 23.1 Å². The second kappa shape index (κ2) is 5.03. The molecule has 0 saturated heterocycles. The van der Waals surface area contributed by atoms with E-state index in [4.69, 9.17) is 0 Å². The summed E-state index contributed by atoms with van der Waals surface area (Å²) in [6.45, 7) is 0. The number of H-pyrrole nitrogens is 1. The van der Waals surface area contributed by atoms with Crippen LogP contribution in [0.3, 0.4) is 0 Å². The molecule has 7 heteroatoms. The van der Waals surface area contributed by atoms with Crippen LogP contribution in [0.25, 0.3) is 11.3 Å². The van der Waals surface area contributed by atoms with E-state index in [1.165, 1.54) is 23.5 Å². The van der Waals surface area contributed by atoms with Gasteiger partial charge in [0.15, 0.2) is 5.82 Å². The first-order valence-electron chi connectivity index (χ1n) is 6.76. The number of carbonyl (C=O) groups is 1. The fraction of sp³-hybridized carbons (Fsp3) is 0.133. The number of nitrogens with zero attached hydrogens (tertiary/aromatic N) is 2. The minimum Gasteiger partial charge on any atom is -0.309 e. The third kappa shape index (κ3) is 2.10. The Labute approximate surface area is 129 Å². The van der Waals surface area contributed by atoms with Crippen molar-refractivity contribution in [3.8, 4) is 11.3 Å². The average Bonchev–Trinajstić information content (AvgIpc) is 3.15. The van der Waals surface area contributed by atoms with Crippen molar-refractivity contribution < 1.29 is 9.18 Å². The number of carbonyl (C=O) groups excluding carboxylic acids is 1. The Kier molecular flexibility index (Phi) is 3.00. The maximum Gasteiger partial charge on any atom is 0.226 e. The lowest BCUT2D eigenvalue weighted by atomic mass is 9.90. The van der Waals surface area contributed by atoms with Crippen molar-refractivity contribution in [2.24, 2.45) is 0 Å². The van der Waals surface area contributed by atoms with Crippen molar-refractivity contribution in [1.82, 2.24) is 15.2 Å². The normalized spacial score (nSPS) is 17.1. The number of nitrogens with one attached hydrogen (secondary N) is 2. The highest BCUT2D eigenvalue weighted by atomic mass is 32.1. The lowest BCUT2D eigenvalue weighted by molar-refractivity contribution is -0.116. The van der Waals surface area contributed by atoms with Gasteiger partial charge in [0.05, 0.1) is 11.6 Å². The second-order valence-electron chi connectivity index (χ2n) is 5.05. The van der Waals surface area contributed by atoms with Crippen molar-refractivity contribution in [3.63, 3.8) is 0 Å². The summed E-state index contributed by atoms with van der Waals surface area (Å²) in [6.07, 6.45) is 2.02. The average molecular weight is 314 g/mol. The standard InChI is InChI=1S/C15H11FN4OS/c16-9-3-1-2-8(6-9)13-12-10(15-17-4-5-22-15)7-11(21)18-14(12)20-19-13/h1-6,10H,7H2,(H2,18,19,20,21). The van der Waals surface area contributed by atoms with Crippen molar-refractivity contribution in [2.75, 3.05) is 5.32 Å². The Bertz CT molecular complexity index is 843. The molecule has 2 N–H and O–H groups in total. The molecule has 0 saturated carbocycles. The van der Waals surface area contributed by atoms with E-state index in [1.807, 2.05) is 11.4 Å². The quantitative estimate of drug-likeness (QED) is 0.763. The summed E-state index contributed by atoms with van der Waals surface area (Å²) in [5.41, 5.74) is 2.28. The first-order valence-corrected chi connectivity index (χ1v) is 7.64. The highest BCUT2D eigenvalue weighted by Gasteiger charge is 2.33. The zero-order valence-electron chi connectivity index (χ0n) is 11.3. The number of thiazole rings is 1. The van der Waals surface area contributed by atoms with Gasteiger partial charge in [-0.1, -0.05) is 12.1 Å². The molecule has 5 nitrogen and oxygen atoms in total. The summed E-state index contributed by atoms with van der Waals surface area (Å²) in [7, 11) is 0. The van der Waals surface area contributed by atoms with Gasteiger partial charge in [-0.25, -0.2) is 9.37 Å². The van der Waals surface area contributed by atoms with E-state index < -0.39 is 0 Å². The molecule has 0 aliphatic carbocycles. The van der Waals surface area contributed by atoms with Crippen molar-refractivity contribution in [1.29, 1.82) is 0 Å². The van der Waals surface area contributed by atoms with Crippen LogP contribution in [0.4, 0.5) is 10.2 Å². The van der Waals surface area contributed by atoms with Crippen LogP contribution in [-0.2, 0) is 4.79 Å². The molecule has 1 unspecified atom stereocenters. The molecular weight excluding hydrogens is 303 g/mol. The number of rotatable bonds is 2. The number of hydrogen-bond acceptors (Lipinski definition) is 4. The molecule has 3 aromatic rings. The van der Waals surface area contributed by atoms with Crippen LogP contribution < -0.4 is 5.32 Å². The number of amides is 1. The molecule has 22 heavy (non-hydrogen) atoms. The number of anilines is 1. The van der Waals surface area contributed by atoms with Gasteiger partial charge in [-0.3, -0.25) is 9.89 Å². The number of benzene rings is 1. The molecule has 1 atom stereocenters. The summed E-state index contributed by atoms with van der Waals surface area (Å²) in [5.74, 6) is -0.0760. The van der Waals surface area contributed by atoms with Crippen LogP contribution >= 0.6 is 11.3 Å². The first kappa shape index (κ1) is 13.1. The predicted octanol–water partition coefficient (Wildman–Crippen LogP) is 3.15. The molecule has 110 valence electrons. The molecule has 4 rings (SSSR count). The van der Waals surface area contributed by atoms with Crippen LogP contribution in [0.5, 0.6) is 0 Å². The van der Waals surface area contributed by atoms with Crippen molar-refractivity contribution in [3.05, 3.63) is 52.2 Å². The maximum absolute atomic E-state index is 13.5. The van der Waals surface area contributed by atoms with E-state index >= 15 is 0 Å². The number of fused-ring (bicyclic) bond motifs is 1. The number of hydrogen-bond donors (Lipinski definition) is 2. The van der Waals surface area contributed by atoms with Crippen LogP contribution in [0.2, 0.25) is 0 Å². The summed E-state index contributed by atoms with van der Waals surface area (Å²) in [6, 6.07) is 6.31. The lowest BCUT2D eigenvalue weighted by Crippen LogP contribution is -2.23. The molecule has 0 bridgehead atoms.